The van der Waals surface area contributed by atoms with Gasteiger partial charge in [-0.1, -0.05) is 17.7 Å². The summed E-state index contributed by atoms with van der Waals surface area (Å²) in [4.78, 5) is 14.1. The Labute approximate surface area is 129 Å². The van der Waals surface area contributed by atoms with Crippen LogP contribution in [0.15, 0.2) is 18.2 Å². The topological polar surface area (TPSA) is 41.6 Å². The first-order valence-electron chi connectivity index (χ1n) is 7.12. The molecule has 1 aromatic rings. The van der Waals surface area contributed by atoms with Gasteiger partial charge in [0, 0.05) is 30.7 Å². The molecule has 0 bridgehead atoms. The maximum Gasteiger partial charge on any atom is 0.324 e. The molecule has 1 fully saturated rings. The van der Waals surface area contributed by atoms with Crippen molar-refractivity contribution in [1.29, 1.82) is 0 Å². The first-order chi connectivity index (χ1) is 10.0. The normalized spacial score (nSPS) is 21.0. The van der Waals surface area contributed by atoms with E-state index in [9.17, 15) is 9.18 Å². The number of carbonyl (C=O) groups excluding carboxylic acids is 1. The summed E-state index contributed by atoms with van der Waals surface area (Å²) < 4.78 is 18.3. The summed E-state index contributed by atoms with van der Waals surface area (Å²) in [6, 6.07) is 3.92. The molecule has 2 atom stereocenters. The van der Waals surface area contributed by atoms with Crippen molar-refractivity contribution in [3.63, 3.8) is 0 Å². The molecule has 4 nitrogen and oxygen atoms in total. The standard InChI is InChI=1S/C15H20ClFN2O2/c1-3-21-15(20)14-9-18-6-7-19(14)10(2)12-5-4-11(17)8-13(12)16/h4-5,8,10,14,18H,3,6-7,9H2,1-2H3. The predicted octanol–water partition coefficient (Wildman–Crippen LogP) is 2.38. The second-order valence-electron chi connectivity index (χ2n) is 5.05. The van der Waals surface area contributed by atoms with Crippen LogP contribution in [0.2, 0.25) is 5.02 Å². The lowest BCUT2D eigenvalue weighted by Crippen LogP contribution is -2.56. The zero-order valence-corrected chi connectivity index (χ0v) is 13.0. The second-order valence-corrected chi connectivity index (χ2v) is 5.46. The van der Waals surface area contributed by atoms with Gasteiger partial charge in [-0.15, -0.1) is 0 Å². The lowest BCUT2D eigenvalue weighted by molar-refractivity contribution is -0.151. The molecule has 0 radical (unpaired) electrons. The average molecular weight is 315 g/mol. The molecular weight excluding hydrogens is 295 g/mol. The highest BCUT2D eigenvalue weighted by Gasteiger charge is 2.33. The van der Waals surface area contributed by atoms with Gasteiger partial charge in [0.1, 0.15) is 11.9 Å². The van der Waals surface area contributed by atoms with Gasteiger partial charge in [-0.3, -0.25) is 9.69 Å². The fraction of sp³-hybridized carbons (Fsp3) is 0.533. The first-order valence-corrected chi connectivity index (χ1v) is 7.50. The quantitative estimate of drug-likeness (QED) is 0.866. The van der Waals surface area contributed by atoms with E-state index in [1.54, 1.807) is 13.0 Å². The van der Waals surface area contributed by atoms with E-state index in [4.69, 9.17) is 16.3 Å². The number of esters is 1. The van der Waals surface area contributed by atoms with Crippen LogP contribution in [0.5, 0.6) is 0 Å². The van der Waals surface area contributed by atoms with Crippen LogP contribution < -0.4 is 5.32 Å². The van der Waals surface area contributed by atoms with Crippen molar-refractivity contribution in [2.75, 3.05) is 26.2 Å². The van der Waals surface area contributed by atoms with Gasteiger partial charge in [-0.2, -0.15) is 0 Å². The van der Waals surface area contributed by atoms with Gasteiger partial charge in [0.25, 0.3) is 0 Å². The lowest BCUT2D eigenvalue weighted by atomic mass is 10.0. The Morgan fingerprint density at radius 2 is 2.38 bits per heavy atom. The number of carbonyl (C=O) groups is 1. The number of halogens is 2. The molecule has 1 aliphatic heterocycles. The Morgan fingerprint density at radius 3 is 3.05 bits per heavy atom. The third kappa shape index (κ3) is 3.73. The van der Waals surface area contributed by atoms with Gasteiger partial charge in [-0.25, -0.2) is 4.39 Å². The Kier molecular flexibility index (Phi) is 5.56. The summed E-state index contributed by atoms with van der Waals surface area (Å²) in [5.74, 6) is -0.604. The largest absolute Gasteiger partial charge is 0.465 e. The van der Waals surface area contributed by atoms with Crippen LogP contribution in [0.1, 0.15) is 25.5 Å². The smallest absolute Gasteiger partial charge is 0.324 e. The van der Waals surface area contributed by atoms with Crippen LogP contribution in [0.3, 0.4) is 0 Å². The summed E-state index contributed by atoms with van der Waals surface area (Å²) in [5.41, 5.74) is 0.814. The molecule has 1 aromatic carbocycles. The maximum absolute atomic E-state index is 13.2. The van der Waals surface area contributed by atoms with Crippen LogP contribution >= 0.6 is 11.6 Å². The number of hydrogen-bond donors (Lipinski definition) is 1. The molecule has 6 heteroatoms. The van der Waals surface area contributed by atoms with Crippen molar-refractivity contribution in [2.24, 2.45) is 0 Å². The van der Waals surface area contributed by atoms with E-state index in [-0.39, 0.29) is 23.9 Å². The van der Waals surface area contributed by atoms with Crippen LogP contribution in [-0.2, 0) is 9.53 Å². The number of benzene rings is 1. The number of rotatable bonds is 4. The summed E-state index contributed by atoms with van der Waals surface area (Å²) in [6.45, 7) is 6.16. The van der Waals surface area contributed by atoms with Crippen LogP contribution in [0.4, 0.5) is 4.39 Å². The molecule has 2 rings (SSSR count). The fourth-order valence-corrected chi connectivity index (χ4v) is 2.98. The number of ether oxygens (including phenoxy) is 1. The molecular formula is C15H20ClFN2O2. The van der Waals surface area contributed by atoms with E-state index in [0.29, 0.717) is 24.7 Å². The Morgan fingerprint density at radius 1 is 1.62 bits per heavy atom. The highest BCUT2D eigenvalue weighted by Crippen LogP contribution is 2.30. The highest BCUT2D eigenvalue weighted by molar-refractivity contribution is 6.31. The molecule has 1 aliphatic rings. The predicted molar refractivity (Wildman–Crippen MR) is 79.8 cm³/mol. The SMILES string of the molecule is CCOC(=O)C1CNCCN1C(C)c1ccc(F)cc1Cl. The third-order valence-corrected chi connectivity index (χ3v) is 4.08. The van der Waals surface area contributed by atoms with E-state index < -0.39 is 0 Å². The molecule has 116 valence electrons. The van der Waals surface area contributed by atoms with Crippen molar-refractivity contribution in [2.45, 2.75) is 25.9 Å². The van der Waals surface area contributed by atoms with E-state index in [1.807, 2.05) is 11.8 Å². The summed E-state index contributed by atoms with van der Waals surface area (Å²) in [6.07, 6.45) is 0. The number of piperazine rings is 1. The van der Waals surface area contributed by atoms with Crippen molar-refractivity contribution in [3.8, 4) is 0 Å². The molecule has 1 heterocycles. The van der Waals surface area contributed by atoms with Gasteiger partial charge >= 0.3 is 5.97 Å². The van der Waals surface area contributed by atoms with Crippen LogP contribution in [-0.4, -0.2) is 43.2 Å². The number of nitrogens with one attached hydrogen (secondary N) is 1. The summed E-state index contributed by atoms with van der Waals surface area (Å²) in [5, 5.41) is 3.58. The Hall–Kier alpha value is -1.17. The Balaban J connectivity index is 2.21. The van der Waals surface area contributed by atoms with E-state index in [0.717, 1.165) is 12.1 Å². The maximum atomic E-state index is 13.2. The van der Waals surface area contributed by atoms with Gasteiger partial charge in [0.2, 0.25) is 0 Å². The van der Waals surface area contributed by atoms with E-state index in [1.165, 1.54) is 12.1 Å². The van der Waals surface area contributed by atoms with Gasteiger partial charge in [-0.05, 0) is 31.5 Å². The Bertz CT molecular complexity index is 512. The minimum atomic E-state index is -0.363. The highest BCUT2D eigenvalue weighted by atomic mass is 35.5. The van der Waals surface area contributed by atoms with Crippen molar-refractivity contribution in [1.82, 2.24) is 10.2 Å². The minimum absolute atomic E-state index is 0.0883. The van der Waals surface area contributed by atoms with Crippen molar-refractivity contribution >= 4 is 17.6 Å². The average Bonchev–Trinajstić information content (AvgIpc) is 2.47. The molecule has 1 saturated heterocycles. The zero-order valence-electron chi connectivity index (χ0n) is 12.2. The second kappa shape index (κ2) is 7.20. The lowest BCUT2D eigenvalue weighted by Gasteiger charge is -2.39. The van der Waals surface area contributed by atoms with Crippen LogP contribution in [0, 0.1) is 5.82 Å². The van der Waals surface area contributed by atoms with Crippen molar-refractivity contribution < 1.29 is 13.9 Å². The van der Waals surface area contributed by atoms with Gasteiger partial charge in [0.05, 0.1) is 6.61 Å². The van der Waals surface area contributed by atoms with Crippen LogP contribution in [0.25, 0.3) is 0 Å². The summed E-state index contributed by atoms with van der Waals surface area (Å²) >= 11 is 6.13. The molecule has 0 spiro atoms. The molecule has 1 N–H and O–H groups in total. The minimum Gasteiger partial charge on any atom is -0.465 e. The number of nitrogens with zero attached hydrogens (tertiary/aromatic N) is 1. The third-order valence-electron chi connectivity index (χ3n) is 3.75. The molecule has 21 heavy (non-hydrogen) atoms. The first kappa shape index (κ1) is 16.2. The van der Waals surface area contributed by atoms with E-state index in [2.05, 4.69) is 5.32 Å². The molecule has 0 aliphatic carbocycles. The molecule has 0 aromatic heterocycles. The molecule has 2 unspecified atom stereocenters. The van der Waals surface area contributed by atoms with Crippen molar-refractivity contribution in [3.05, 3.63) is 34.6 Å². The number of hydrogen-bond acceptors (Lipinski definition) is 4. The monoisotopic (exact) mass is 314 g/mol. The van der Waals surface area contributed by atoms with Gasteiger partial charge in [0.15, 0.2) is 0 Å². The van der Waals surface area contributed by atoms with E-state index >= 15 is 0 Å². The molecule has 0 amide bonds. The summed E-state index contributed by atoms with van der Waals surface area (Å²) in [7, 11) is 0. The molecule has 0 saturated carbocycles. The fourth-order valence-electron chi connectivity index (χ4n) is 2.66. The van der Waals surface area contributed by atoms with Gasteiger partial charge < -0.3 is 10.1 Å². The zero-order chi connectivity index (χ0) is 15.4.